The molecule has 7 heteroatoms. The number of anilines is 1. The zero-order valence-corrected chi connectivity index (χ0v) is 10.1. The zero-order valence-electron chi connectivity index (χ0n) is 9.25. The average Bonchev–Trinajstić information content (AvgIpc) is 2.94. The lowest BCUT2D eigenvalue weighted by molar-refractivity contribution is -0.117. The van der Waals surface area contributed by atoms with Gasteiger partial charge in [0.05, 0.1) is 7.11 Å². The van der Waals surface area contributed by atoms with Gasteiger partial charge in [-0.1, -0.05) is 0 Å². The molecule has 0 saturated carbocycles. The lowest BCUT2D eigenvalue weighted by atomic mass is 10.1. The number of ether oxygens (including phenoxy) is 1. The molecule has 1 aliphatic heterocycles. The van der Waals surface area contributed by atoms with Crippen LogP contribution in [-0.4, -0.2) is 42.2 Å². The van der Waals surface area contributed by atoms with Gasteiger partial charge in [0, 0.05) is 30.9 Å². The van der Waals surface area contributed by atoms with Crippen LogP contribution in [0.4, 0.5) is 5.13 Å². The molecule has 17 heavy (non-hydrogen) atoms. The van der Waals surface area contributed by atoms with Crippen LogP contribution in [0.15, 0.2) is 5.38 Å². The second kappa shape index (κ2) is 4.80. The monoisotopic (exact) mass is 256 g/mol. The van der Waals surface area contributed by atoms with Gasteiger partial charge in [-0.05, 0) is 0 Å². The predicted octanol–water partition coefficient (Wildman–Crippen LogP) is 0.275. The number of hydrogen-bond acceptors (Lipinski definition) is 6. The molecule has 0 bridgehead atoms. The number of carbonyl (C=O) groups is 2. The van der Waals surface area contributed by atoms with E-state index in [2.05, 4.69) is 9.72 Å². The molecule has 1 aliphatic rings. The normalized spacial score (nSPS) is 19.8. The molecule has 92 valence electrons. The summed E-state index contributed by atoms with van der Waals surface area (Å²) in [6.07, 6.45) is 0.323. The Morgan fingerprint density at radius 3 is 3.12 bits per heavy atom. The van der Waals surface area contributed by atoms with Crippen LogP contribution >= 0.6 is 11.3 Å². The van der Waals surface area contributed by atoms with Crippen LogP contribution in [-0.2, 0) is 9.53 Å². The summed E-state index contributed by atoms with van der Waals surface area (Å²) in [5.74, 6) is -0.638. The number of carbonyl (C=O) groups excluding carboxylic acids is 2. The Morgan fingerprint density at radius 2 is 2.53 bits per heavy atom. The molecule has 1 unspecified atom stereocenters. The van der Waals surface area contributed by atoms with Crippen molar-refractivity contribution in [2.45, 2.75) is 6.42 Å². The van der Waals surface area contributed by atoms with Crippen molar-refractivity contribution in [3.8, 4) is 0 Å². The van der Waals surface area contributed by atoms with Crippen molar-refractivity contribution in [2.75, 3.05) is 25.2 Å². The van der Waals surface area contributed by atoms with E-state index >= 15 is 0 Å². The summed E-state index contributed by atoms with van der Waals surface area (Å²) in [6.45, 7) is 0.431. The quantitative estimate of drug-likeness (QED) is 0.785. The van der Waals surface area contributed by atoms with E-state index in [1.54, 1.807) is 5.38 Å². The Hall–Kier alpha value is -1.47. The second-order valence-corrected chi connectivity index (χ2v) is 4.60. The molecule has 1 saturated heterocycles. The van der Waals surface area contributed by atoms with Gasteiger partial charge in [0.25, 0.3) is 0 Å². The van der Waals surface area contributed by atoms with E-state index in [0.717, 1.165) is 0 Å². The van der Waals surface area contributed by atoms with E-state index in [0.29, 0.717) is 18.1 Å². The number of hydrogen-bond donors (Lipinski definition) is 1. The number of rotatable bonds is 3. The minimum Gasteiger partial charge on any atom is -0.464 e. The van der Waals surface area contributed by atoms with Crippen LogP contribution in [0, 0.1) is 5.92 Å². The number of esters is 1. The van der Waals surface area contributed by atoms with Crippen LogP contribution < -0.4 is 4.90 Å². The number of aliphatic hydroxyl groups is 1. The third kappa shape index (κ3) is 2.29. The first kappa shape index (κ1) is 12.0. The fourth-order valence-electron chi connectivity index (χ4n) is 1.68. The van der Waals surface area contributed by atoms with E-state index in [-0.39, 0.29) is 24.1 Å². The van der Waals surface area contributed by atoms with Crippen molar-refractivity contribution in [3.63, 3.8) is 0 Å². The molecule has 1 amide bonds. The van der Waals surface area contributed by atoms with Crippen molar-refractivity contribution >= 4 is 28.3 Å². The van der Waals surface area contributed by atoms with Crippen LogP contribution in [0.3, 0.4) is 0 Å². The van der Waals surface area contributed by atoms with Crippen LogP contribution in [0.2, 0.25) is 0 Å². The Kier molecular flexibility index (Phi) is 3.39. The molecule has 1 fully saturated rings. The minimum absolute atomic E-state index is 0.0164. The van der Waals surface area contributed by atoms with Crippen LogP contribution in [0.5, 0.6) is 0 Å². The predicted molar refractivity (Wildman–Crippen MR) is 61.0 cm³/mol. The molecule has 1 aromatic rings. The van der Waals surface area contributed by atoms with Gasteiger partial charge in [-0.2, -0.15) is 0 Å². The maximum Gasteiger partial charge on any atom is 0.357 e. The molecule has 0 aliphatic carbocycles. The number of aromatic nitrogens is 1. The molecule has 1 aromatic heterocycles. The summed E-state index contributed by atoms with van der Waals surface area (Å²) in [6, 6.07) is 0. The highest BCUT2D eigenvalue weighted by Crippen LogP contribution is 2.27. The molecule has 2 rings (SSSR count). The van der Waals surface area contributed by atoms with Crippen LogP contribution in [0.25, 0.3) is 0 Å². The molecular weight excluding hydrogens is 244 g/mol. The summed E-state index contributed by atoms with van der Waals surface area (Å²) in [7, 11) is 1.28. The van der Waals surface area contributed by atoms with Gasteiger partial charge in [-0.15, -0.1) is 11.3 Å². The number of nitrogens with zero attached hydrogens (tertiary/aromatic N) is 2. The van der Waals surface area contributed by atoms with Gasteiger partial charge < -0.3 is 9.84 Å². The summed E-state index contributed by atoms with van der Waals surface area (Å²) in [5.41, 5.74) is 0.202. The Bertz CT molecular complexity index is 445. The van der Waals surface area contributed by atoms with Gasteiger partial charge >= 0.3 is 5.97 Å². The minimum atomic E-state index is -0.516. The summed E-state index contributed by atoms with van der Waals surface area (Å²) >= 11 is 1.22. The number of methoxy groups -OCH3 is 1. The van der Waals surface area contributed by atoms with Gasteiger partial charge in [-0.25, -0.2) is 9.78 Å². The Balaban J connectivity index is 2.15. The highest BCUT2D eigenvalue weighted by Gasteiger charge is 2.32. The van der Waals surface area contributed by atoms with Gasteiger partial charge in [-0.3, -0.25) is 9.69 Å². The lowest BCUT2D eigenvalue weighted by Crippen LogP contribution is -2.24. The number of amides is 1. The van der Waals surface area contributed by atoms with Crippen molar-refractivity contribution in [2.24, 2.45) is 5.92 Å². The summed E-state index contributed by atoms with van der Waals surface area (Å²) in [5, 5.41) is 11.0. The van der Waals surface area contributed by atoms with E-state index in [1.165, 1.54) is 23.3 Å². The molecular formula is C10H12N2O4S. The Labute approximate surface area is 102 Å². The third-order valence-corrected chi connectivity index (χ3v) is 3.44. The van der Waals surface area contributed by atoms with Crippen LogP contribution in [0.1, 0.15) is 16.9 Å². The highest BCUT2D eigenvalue weighted by atomic mass is 32.1. The lowest BCUT2D eigenvalue weighted by Gasteiger charge is -2.11. The average molecular weight is 256 g/mol. The van der Waals surface area contributed by atoms with E-state index in [9.17, 15) is 9.59 Å². The van der Waals surface area contributed by atoms with Crippen molar-refractivity contribution in [1.29, 1.82) is 0 Å². The third-order valence-electron chi connectivity index (χ3n) is 2.58. The molecule has 0 aromatic carbocycles. The van der Waals surface area contributed by atoms with Crippen molar-refractivity contribution < 1.29 is 19.4 Å². The molecule has 0 radical (unpaired) electrons. The number of aliphatic hydroxyl groups excluding tert-OH is 1. The molecule has 6 nitrogen and oxygen atoms in total. The maximum absolute atomic E-state index is 11.7. The maximum atomic E-state index is 11.7. The largest absolute Gasteiger partial charge is 0.464 e. The first-order valence-electron chi connectivity index (χ1n) is 5.10. The Morgan fingerprint density at radius 1 is 1.76 bits per heavy atom. The highest BCUT2D eigenvalue weighted by molar-refractivity contribution is 7.14. The smallest absolute Gasteiger partial charge is 0.357 e. The molecule has 1 atom stereocenters. The van der Waals surface area contributed by atoms with Gasteiger partial charge in [0.1, 0.15) is 0 Å². The second-order valence-electron chi connectivity index (χ2n) is 3.76. The van der Waals surface area contributed by atoms with Gasteiger partial charge in [0.2, 0.25) is 5.91 Å². The zero-order chi connectivity index (χ0) is 12.4. The topological polar surface area (TPSA) is 79.7 Å². The fraction of sp³-hybridized carbons (Fsp3) is 0.500. The first-order chi connectivity index (χ1) is 8.15. The molecule has 0 spiro atoms. The molecule has 2 heterocycles. The number of thiazole rings is 1. The van der Waals surface area contributed by atoms with E-state index in [1.807, 2.05) is 0 Å². The standard InChI is InChI=1S/C10H12N2O4S/c1-16-9(15)7-5-17-10(11-7)12-3-6(4-13)2-8(12)14/h5-6,13H,2-4H2,1H3. The first-order valence-corrected chi connectivity index (χ1v) is 5.98. The summed E-state index contributed by atoms with van der Waals surface area (Å²) in [4.78, 5) is 28.4. The van der Waals surface area contributed by atoms with E-state index in [4.69, 9.17) is 5.11 Å². The van der Waals surface area contributed by atoms with Crippen molar-refractivity contribution in [1.82, 2.24) is 4.98 Å². The summed E-state index contributed by atoms with van der Waals surface area (Å²) < 4.78 is 4.54. The molecule has 1 N–H and O–H groups in total. The van der Waals surface area contributed by atoms with Crippen molar-refractivity contribution in [3.05, 3.63) is 11.1 Å². The fourth-order valence-corrected chi connectivity index (χ4v) is 2.50. The van der Waals surface area contributed by atoms with Gasteiger partial charge in [0.15, 0.2) is 10.8 Å². The van der Waals surface area contributed by atoms with E-state index < -0.39 is 5.97 Å². The SMILES string of the molecule is COC(=O)c1csc(N2CC(CO)CC2=O)n1.